The molecule has 1 aromatic carbocycles. The van der Waals surface area contributed by atoms with Crippen molar-refractivity contribution in [1.29, 1.82) is 0 Å². The van der Waals surface area contributed by atoms with Gasteiger partial charge in [-0.15, -0.1) is 12.4 Å². The van der Waals surface area contributed by atoms with E-state index in [9.17, 15) is 14.4 Å². The number of carbonyl (C=O) groups excluding carboxylic acids is 1. The van der Waals surface area contributed by atoms with E-state index in [0.29, 0.717) is 35.1 Å². The van der Waals surface area contributed by atoms with E-state index in [1.807, 2.05) is 0 Å². The summed E-state index contributed by atoms with van der Waals surface area (Å²) in [6.07, 6.45) is 3.04. The zero-order valence-corrected chi connectivity index (χ0v) is 20.8. The van der Waals surface area contributed by atoms with Gasteiger partial charge in [0.1, 0.15) is 5.75 Å². The fourth-order valence-electron chi connectivity index (χ4n) is 3.75. The molecule has 0 aliphatic carbocycles. The molecule has 2 aliphatic rings. The molecule has 12 heteroatoms. The van der Waals surface area contributed by atoms with E-state index in [1.165, 1.54) is 0 Å². The van der Waals surface area contributed by atoms with E-state index >= 15 is 0 Å². The average Bonchev–Trinajstić information content (AvgIpc) is 3.27. The minimum atomic E-state index is -1.08. The van der Waals surface area contributed by atoms with Gasteiger partial charge in [0.05, 0.1) is 35.7 Å². The first kappa shape index (κ1) is 29.8. The maximum absolute atomic E-state index is 12.7. The fraction of sp³-hybridized carbons (Fsp3) is 0.591. The highest BCUT2D eigenvalue weighted by atomic mass is 35.5. The van der Waals surface area contributed by atoms with Crippen molar-refractivity contribution in [2.24, 2.45) is 0 Å². The summed E-state index contributed by atoms with van der Waals surface area (Å²) in [6, 6.07) is 1.80. The molecule has 1 fully saturated rings. The molecule has 1 aromatic rings. The topological polar surface area (TPSA) is 151 Å². The molecule has 0 unspecified atom stereocenters. The maximum Gasteiger partial charge on any atom is 0.303 e. The number of rotatable bonds is 9. The third kappa shape index (κ3) is 9.17. The van der Waals surface area contributed by atoms with Crippen LogP contribution in [0.4, 0.5) is 5.69 Å². The predicted octanol–water partition coefficient (Wildman–Crippen LogP) is 2.45. The summed E-state index contributed by atoms with van der Waals surface area (Å²) in [4.78, 5) is 34.4. The monoisotopic (exact) mass is 521 g/mol. The van der Waals surface area contributed by atoms with Crippen molar-refractivity contribution in [3.05, 3.63) is 22.2 Å². The number of anilines is 1. The molecule has 3 rings (SSSR count). The van der Waals surface area contributed by atoms with Gasteiger partial charge in [-0.3, -0.25) is 14.4 Å². The van der Waals surface area contributed by atoms with E-state index < -0.39 is 11.9 Å². The van der Waals surface area contributed by atoms with Crippen LogP contribution >= 0.6 is 24.0 Å². The molecule has 1 amide bonds. The highest BCUT2D eigenvalue weighted by molar-refractivity contribution is 6.33. The Morgan fingerprint density at radius 1 is 1.24 bits per heavy atom. The Kier molecular flexibility index (Phi) is 13.0. The van der Waals surface area contributed by atoms with Gasteiger partial charge >= 0.3 is 11.9 Å². The lowest BCUT2D eigenvalue weighted by Gasteiger charge is -2.32. The number of carboxylic acids is 2. The van der Waals surface area contributed by atoms with Crippen LogP contribution in [0.3, 0.4) is 0 Å². The van der Waals surface area contributed by atoms with Gasteiger partial charge in [-0.25, -0.2) is 0 Å². The molecule has 0 radical (unpaired) electrons. The van der Waals surface area contributed by atoms with Crippen molar-refractivity contribution in [1.82, 2.24) is 10.2 Å². The van der Waals surface area contributed by atoms with Crippen LogP contribution < -0.4 is 15.8 Å². The number of hydrogen-bond acceptors (Lipinski definition) is 7. The third-order valence-corrected chi connectivity index (χ3v) is 5.83. The summed E-state index contributed by atoms with van der Waals surface area (Å²) in [7, 11) is 1.73. The van der Waals surface area contributed by atoms with E-state index in [4.69, 9.17) is 37.0 Å². The van der Waals surface area contributed by atoms with Crippen molar-refractivity contribution < 1.29 is 34.1 Å². The highest BCUT2D eigenvalue weighted by Gasteiger charge is 2.27. The minimum Gasteiger partial charge on any atom is -0.492 e. The molecule has 10 nitrogen and oxygen atoms in total. The minimum absolute atomic E-state index is 0. The Balaban J connectivity index is 0.000000556. The fourth-order valence-corrected chi connectivity index (χ4v) is 3.97. The molecule has 2 aliphatic heterocycles. The van der Waals surface area contributed by atoms with Gasteiger partial charge < -0.3 is 35.6 Å². The van der Waals surface area contributed by atoms with Crippen LogP contribution in [0.25, 0.3) is 0 Å². The van der Waals surface area contributed by atoms with Crippen LogP contribution in [0.2, 0.25) is 5.02 Å². The lowest BCUT2D eigenvalue weighted by atomic mass is 10.0. The van der Waals surface area contributed by atoms with Crippen molar-refractivity contribution in [2.45, 2.75) is 44.6 Å². The summed E-state index contributed by atoms with van der Waals surface area (Å²) in [5.41, 5.74) is 7.86. The Morgan fingerprint density at radius 3 is 2.41 bits per heavy atom. The van der Waals surface area contributed by atoms with Crippen molar-refractivity contribution >= 4 is 47.5 Å². The summed E-state index contributed by atoms with van der Waals surface area (Å²) in [5.74, 6) is -1.69. The number of ether oxygens (including phenoxy) is 2. The van der Waals surface area contributed by atoms with E-state index in [-0.39, 0.29) is 37.2 Å². The number of nitrogens with zero attached hydrogens (tertiary/aromatic N) is 1. The van der Waals surface area contributed by atoms with Gasteiger partial charge in [0, 0.05) is 51.4 Å². The van der Waals surface area contributed by atoms with Crippen molar-refractivity contribution in [3.8, 4) is 5.75 Å². The quantitative estimate of drug-likeness (QED) is 0.283. The number of likely N-dealkylation sites (tertiary alicyclic amines) is 1. The van der Waals surface area contributed by atoms with Crippen LogP contribution in [-0.4, -0.2) is 79.0 Å². The summed E-state index contributed by atoms with van der Waals surface area (Å²) in [6.45, 7) is 4.36. The first-order valence-corrected chi connectivity index (χ1v) is 11.3. The SMILES string of the molecule is COCCCN1CCC(NC(=O)c2cc(Cl)c(N)c3c2OCC3)CC1.Cl.O=C(O)CCC(=O)O. The summed E-state index contributed by atoms with van der Waals surface area (Å²) >= 11 is 6.19. The third-order valence-electron chi connectivity index (χ3n) is 5.51. The molecule has 0 spiro atoms. The van der Waals surface area contributed by atoms with Gasteiger partial charge in [-0.05, 0) is 25.3 Å². The zero-order chi connectivity index (χ0) is 24.4. The second-order valence-electron chi connectivity index (χ2n) is 7.95. The number of carbonyl (C=O) groups is 3. The molecule has 0 atom stereocenters. The molecular weight excluding hydrogens is 489 g/mol. The Hall–Kier alpha value is -2.27. The van der Waals surface area contributed by atoms with Crippen LogP contribution in [0.15, 0.2) is 6.07 Å². The van der Waals surface area contributed by atoms with Gasteiger partial charge in [0.2, 0.25) is 0 Å². The highest BCUT2D eigenvalue weighted by Crippen LogP contribution is 2.38. The summed E-state index contributed by atoms with van der Waals surface area (Å²) < 4.78 is 10.7. The second-order valence-corrected chi connectivity index (χ2v) is 8.36. The lowest BCUT2D eigenvalue weighted by molar-refractivity contribution is -0.143. The Morgan fingerprint density at radius 2 is 1.85 bits per heavy atom. The maximum atomic E-state index is 12.7. The standard InChI is InChI=1S/C18H26ClN3O3.C4H6O4.ClH/c1-24-9-2-6-22-7-3-12(4-8-22)21-18(23)14-11-15(19)16(20)13-5-10-25-17(13)14;5-3(6)1-2-4(7)8;/h11-12H,2-10,20H2,1H3,(H,21,23);1-2H2,(H,5,6)(H,7,8);1H. The van der Waals surface area contributed by atoms with E-state index in [2.05, 4.69) is 10.2 Å². The predicted molar refractivity (Wildman–Crippen MR) is 130 cm³/mol. The molecule has 2 heterocycles. The van der Waals surface area contributed by atoms with Crippen LogP contribution in [-0.2, 0) is 20.7 Å². The molecular formula is C22H33Cl2N3O7. The molecule has 0 saturated carbocycles. The largest absolute Gasteiger partial charge is 0.492 e. The van der Waals surface area contributed by atoms with Gasteiger partial charge in [-0.2, -0.15) is 0 Å². The smallest absolute Gasteiger partial charge is 0.303 e. The molecule has 1 saturated heterocycles. The van der Waals surface area contributed by atoms with Crippen molar-refractivity contribution in [2.75, 3.05) is 45.7 Å². The first-order valence-electron chi connectivity index (χ1n) is 10.9. The van der Waals surface area contributed by atoms with Gasteiger partial charge in [0.25, 0.3) is 5.91 Å². The lowest BCUT2D eigenvalue weighted by Crippen LogP contribution is -2.45. The van der Waals surface area contributed by atoms with Crippen LogP contribution in [0, 0.1) is 0 Å². The number of aliphatic carboxylic acids is 2. The number of amides is 1. The van der Waals surface area contributed by atoms with Crippen molar-refractivity contribution in [3.63, 3.8) is 0 Å². The number of carboxylic acid groups (broad SMARTS) is 2. The number of nitrogen functional groups attached to an aromatic ring is 1. The number of piperidine rings is 1. The number of hydrogen-bond donors (Lipinski definition) is 4. The first-order chi connectivity index (χ1) is 15.7. The molecule has 5 N–H and O–H groups in total. The van der Waals surface area contributed by atoms with Gasteiger partial charge in [0.15, 0.2) is 0 Å². The Labute approximate surface area is 210 Å². The molecule has 0 bridgehead atoms. The van der Waals surface area contributed by atoms with Gasteiger partial charge in [-0.1, -0.05) is 11.6 Å². The number of benzene rings is 1. The number of fused-ring (bicyclic) bond motifs is 1. The second kappa shape index (κ2) is 14.9. The average molecular weight is 522 g/mol. The normalized spacial score (nSPS) is 15.2. The van der Waals surface area contributed by atoms with E-state index in [0.717, 1.165) is 51.1 Å². The number of halogens is 2. The number of nitrogens with two attached hydrogens (primary N) is 1. The van der Waals surface area contributed by atoms with E-state index in [1.54, 1.807) is 13.2 Å². The Bertz CT molecular complexity index is 832. The zero-order valence-electron chi connectivity index (χ0n) is 19.2. The number of methoxy groups -OCH3 is 1. The molecule has 192 valence electrons. The number of nitrogens with one attached hydrogen (secondary N) is 1. The summed E-state index contributed by atoms with van der Waals surface area (Å²) in [5, 5.41) is 19.3. The van der Waals surface area contributed by atoms with Crippen LogP contribution in [0.1, 0.15) is 48.0 Å². The molecule has 0 aromatic heterocycles. The van der Waals surface area contributed by atoms with Crippen LogP contribution in [0.5, 0.6) is 5.75 Å². The molecule has 34 heavy (non-hydrogen) atoms.